The molecule has 7 nitrogen and oxygen atoms in total. The van der Waals surface area contributed by atoms with E-state index in [4.69, 9.17) is 4.74 Å². The highest BCUT2D eigenvalue weighted by molar-refractivity contribution is 7.89. The summed E-state index contributed by atoms with van der Waals surface area (Å²) < 4.78 is 34.2. The summed E-state index contributed by atoms with van der Waals surface area (Å²) in [7, 11) is -1.94. The van der Waals surface area contributed by atoms with Crippen LogP contribution in [0.25, 0.3) is 11.6 Å². The van der Waals surface area contributed by atoms with E-state index in [0.717, 1.165) is 54.7 Å². The number of methoxy groups -OCH3 is 1. The number of hydrogen-bond donors (Lipinski definition) is 0. The Morgan fingerprint density at radius 3 is 2.55 bits per heavy atom. The lowest BCUT2D eigenvalue weighted by Crippen LogP contribution is -2.56. The van der Waals surface area contributed by atoms with Gasteiger partial charge < -0.3 is 9.64 Å². The van der Waals surface area contributed by atoms with Gasteiger partial charge in [0.1, 0.15) is 0 Å². The van der Waals surface area contributed by atoms with Crippen LogP contribution in [-0.4, -0.2) is 87.0 Å². The summed E-state index contributed by atoms with van der Waals surface area (Å²) in [4.78, 5) is 9.66. The zero-order valence-corrected chi connectivity index (χ0v) is 19.3. The minimum atomic E-state index is -3.65. The Morgan fingerprint density at radius 2 is 1.87 bits per heavy atom. The lowest BCUT2D eigenvalue weighted by atomic mass is 9.91. The van der Waals surface area contributed by atoms with Gasteiger partial charge in [0.15, 0.2) is 0 Å². The number of piperazine rings is 1. The summed E-state index contributed by atoms with van der Waals surface area (Å²) >= 11 is 0. The average Bonchev–Trinajstić information content (AvgIpc) is 3.23. The lowest BCUT2D eigenvalue weighted by molar-refractivity contribution is 0.0833. The smallest absolute Gasteiger partial charge is 0.266 e. The van der Waals surface area contributed by atoms with Gasteiger partial charge in [0.05, 0.1) is 24.1 Å². The molecule has 4 aliphatic rings. The number of ether oxygens (including phenoxy) is 1. The maximum atomic E-state index is 13.6. The third kappa shape index (κ3) is 3.79. The van der Waals surface area contributed by atoms with Gasteiger partial charge in [0.25, 0.3) is 10.0 Å². The number of benzene rings is 1. The first kappa shape index (κ1) is 21.0. The van der Waals surface area contributed by atoms with Crippen molar-refractivity contribution in [2.75, 3.05) is 46.4 Å². The van der Waals surface area contributed by atoms with E-state index in [0.29, 0.717) is 23.9 Å². The van der Waals surface area contributed by atoms with E-state index in [2.05, 4.69) is 27.8 Å². The molecular formula is C23H32N4O3S. The van der Waals surface area contributed by atoms with Crippen LogP contribution in [0.3, 0.4) is 0 Å². The summed E-state index contributed by atoms with van der Waals surface area (Å²) in [6.07, 6.45) is 6.85. The van der Waals surface area contributed by atoms with Gasteiger partial charge in [-0.25, -0.2) is 12.7 Å². The minimum Gasteiger partial charge on any atom is -0.377 e. The van der Waals surface area contributed by atoms with Gasteiger partial charge in [-0.1, -0.05) is 18.1 Å². The van der Waals surface area contributed by atoms with Crippen LogP contribution in [0.2, 0.25) is 0 Å². The monoisotopic (exact) mass is 444 g/mol. The first-order valence-corrected chi connectivity index (χ1v) is 12.8. The summed E-state index contributed by atoms with van der Waals surface area (Å²) in [5.41, 5.74) is 1.16. The Hall–Kier alpha value is -1.90. The zero-order chi connectivity index (χ0) is 21.6. The van der Waals surface area contributed by atoms with Gasteiger partial charge >= 0.3 is 0 Å². The molecule has 1 aromatic rings. The molecule has 2 heterocycles. The number of hydrogen-bond acceptors (Lipinski definition) is 6. The van der Waals surface area contributed by atoms with E-state index in [-0.39, 0.29) is 6.10 Å². The average molecular weight is 445 g/mol. The predicted molar refractivity (Wildman–Crippen MR) is 122 cm³/mol. The fourth-order valence-electron chi connectivity index (χ4n) is 5.10. The molecule has 31 heavy (non-hydrogen) atoms. The second kappa shape index (κ2) is 8.22. The van der Waals surface area contributed by atoms with Crippen molar-refractivity contribution in [3.8, 4) is 0 Å². The van der Waals surface area contributed by atoms with Gasteiger partial charge in [-0.3, -0.25) is 9.89 Å². The summed E-state index contributed by atoms with van der Waals surface area (Å²) in [6, 6.07) is 6.19. The highest BCUT2D eigenvalue weighted by Crippen LogP contribution is 2.26. The highest BCUT2D eigenvalue weighted by atomic mass is 32.2. The van der Waals surface area contributed by atoms with E-state index in [9.17, 15) is 8.42 Å². The molecule has 1 unspecified atom stereocenters. The molecule has 2 aliphatic heterocycles. The fourth-order valence-corrected chi connectivity index (χ4v) is 6.58. The Labute approximate surface area is 184 Å². The van der Waals surface area contributed by atoms with Crippen LogP contribution < -0.4 is 10.4 Å². The fraction of sp³-hybridized carbons (Fsp3) is 0.609. The standard InChI is InChI=1S/C23H32N4O3S/c1-17-14-20(30-2)15-18-6-7-21(16-22(17)18)31(28,29)27-9-8-24-23(27)26-12-10-25(11-13-26)19-4-3-5-19/h6-7,15-16,19-20H,3-5,8-14H2,1-2H3. The van der Waals surface area contributed by atoms with Crippen molar-refractivity contribution < 1.29 is 13.2 Å². The van der Waals surface area contributed by atoms with Crippen molar-refractivity contribution in [2.24, 2.45) is 4.99 Å². The van der Waals surface area contributed by atoms with Gasteiger partial charge in [0.2, 0.25) is 5.96 Å². The maximum Gasteiger partial charge on any atom is 0.266 e. The van der Waals surface area contributed by atoms with Crippen LogP contribution in [0.1, 0.15) is 32.6 Å². The number of sulfonamides is 1. The molecule has 168 valence electrons. The van der Waals surface area contributed by atoms with Crippen molar-refractivity contribution in [3.63, 3.8) is 0 Å². The molecule has 0 amide bonds. The van der Waals surface area contributed by atoms with Crippen LogP contribution in [0.15, 0.2) is 28.1 Å². The Bertz CT molecular complexity index is 1100. The zero-order valence-electron chi connectivity index (χ0n) is 18.5. The third-order valence-corrected chi connectivity index (χ3v) is 8.99. The second-order valence-electron chi connectivity index (χ2n) is 9.04. The molecule has 0 bridgehead atoms. The maximum absolute atomic E-state index is 13.6. The number of guanidine groups is 1. The number of fused-ring (bicyclic) bond motifs is 1. The number of rotatable bonds is 4. The van der Waals surface area contributed by atoms with Crippen LogP contribution in [0.4, 0.5) is 0 Å². The van der Waals surface area contributed by atoms with Crippen LogP contribution in [0, 0.1) is 0 Å². The van der Waals surface area contributed by atoms with E-state index in [1.165, 1.54) is 23.6 Å². The van der Waals surface area contributed by atoms with Crippen molar-refractivity contribution >= 4 is 27.6 Å². The molecular weight excluding hydrogens is 412 g/mol. The molecule has 2 fully saturated rings. The minimum absolute atomic E-state index is 0.0471. The van der Waals surface area contributed by atoms with Crippen molar-refractivity contribution in [1.82, 2.24) is 14.1 Å². The van der Waals surface area contributed by atoms with E-state index in [1.807, 2.05) is 12.1 Å². The topological polar surface area (TPSA) is 65.5 Å². The van der Waals surface area contributed by atoms with Gasteiger partial charge in [-0.05, 0) is 54.8 Å². The normalized spacial score (nSPS) is 25.2. The third-order valence-electron chi connectivity index (χ3n) is 7.22. The van der Waals surface area contributed by atoms with Gasteiger partial charge in [-0.15, -0.1) is 0 Å². The van der Waals surface area contributed by atoms with Crippen molar-refractivity contribution in [2.45, 2.75) is 49.6 Å². The second-order valence-corrected chi connectivity index (χ2v) is 10.9. The molecule has 0 aromatic heterocycles. The molecule has 2 aliphatic carbocycles. The first-order chi connectivity index (χ1) is 15.0. The van der Waals surface area contributed by atoms with E-state index in [1.54, 1.807) is 13.2 Å². The Balaban J connectivity index is 1.38. The molecule has 0 spiro atoms. The van der Waals surface area contributed by atoms with Crippen LogP contribution in [-0.2, 0) is 14.8 Å². The SMILES string of the molecule is COC1C=c2ccc(S(=O)(=O)N3CCN=C3N3CCN(C4CCC4)CC3)cc2=C(C)C1. The molecule has 1 saturated carbocycles. The molecule has 1 aromatic carbocycles. The van der Waals surface area contributed by atoms with E-state index >= 15 is 0 Å². The summed E-state index contributed by atoms with van der Waals surface area (Å²) in [5.74, 6) is 0.623. The predicted octanol–water partition coefficient (Wildman–Crippen LogP) is 0.587. The van der Waals surface area contributed by atoms with Gasteiger partial charge in [0, 0.05) is 39.3 Å². The molecule has 1 saturated heterocycles. The first-order valence-electron chi connectivity index (χ1n) is 11.4. The number of aliphatic imine (C=N–C) groups is 1. The summed E-state index contributed by atoms with van der Waals surface area (Å²) in [6.45, 7) is 6.65. The van der Waals surface area contributed by atoms with Crippen molar-refractivity contribution in [1.29, 1.82) is 0 Å². The quantitative estimate of drug-likeness (QED) is 0.680. The molecule has 8 heteroatoms. The molecule has 0 radical (unpaired) electrons. The van der Waals surface area contributed by atoms with Crippen LogP contribution >= 0.6 is 0 Å². The highest BCUT2D eigenvalue weighted by Gasteiger charge is 2.36. The molecule has 0 N–H and O–H groups in total. The lowest BCUT2D eigenvalue weighted by Gasteiger charge is -2.44. The van der Waals surface area contributed by atoms with Gasteiger partial charge in [-0.2, -0.15) is 0 Å². The van der Waals surface area contributed by atoms with Crippen LogP contribution in [0.5, 0.6) is 0 Å². The summed E-state index contributed by atoms with van der Waals surface area (Å²) in [5, 5.41) is 2.04. The van der Waals surface area contributed by atoms with Crippen molar-refractivity contribution in [3.05, 3.63) is 28.6 Å². The number of nitrogens with zero attached hydrogens (tertiary/aromatic N) is 4. The Kier molecular flexibility index (Phi) is 5.56. The molecule has 5 rings (SSSR count). The van der Waals surface area contributed by atoms with E-state index < -0.39 is 10.0 Å². The Morgan fingerprint density at radius 1 is 1.10 bits per heavy atom. The largest absolute Gasteiger partial charge is 0.377 e. The molecule has 1 atom stereocenters.